The molecule has 100 valence electrons. The summed E-state index contributed by atoms with van der Waals surface area (Å²) in [5, 5.41) is 16.8. The third-order valence-corrected chi connectivity index (χ3v) is 2.62. The maximum absolute atomic E-state index is 10.2. The van der Waals surface area contributed by atoms with Gasteiger partial charge in [0.15, 0.2) is 0 Å². The van der Waals surface area contributed by atoms with E-state index in [1.165, 1.54) is 0 Å². The van der Waals surface area contributed by atoms with E-state index in [2.05, 4.69) is 0 Å². The van der Waals surface area contributed by atoms with Crippen LogP contribution in [0.4, 0.5) is 0 Å². The molecule has 5 heteroatoms. The van der Waals surface area contributed by atoms with Crippen LogP contribution >= 0.6 is 0 Å². The van der Waals surface area contributed by atoms with E-state index in [1.807, 2.05) is 6.42 Å². The molecule has 0 saturated carbocycles. The normalized spacial score (nSPS) is 9.78. The predicted octanol–water partition coefficient (Wildman–Crippen LogP) is 0.265. The van der Waals surface area contributed by atoms with Gasteiger partial charge in [-0.2, -0.15) is 6.42 Å². The second-order valence-electron chi connectivity index (χ2n) is 4.29. The van der Waals surface area contributed by atoms with E-state index in [9.17, 15) is 9.59 Å². The fourth-order valence-corrected chi connectivity index (χ4v) is 1.67. The van der Waals surface area contributed by atoms with Crippen molar-refractivity contribution in [3.63, 3.8) is 0 Å². The Labute approximate surface area is 152 Å². The van der Waals surface area contributed by atoms with Crippen LogP contribution in [0, 0.1) is 6.42 Å². The van der Waals surface area contributed by atoms with Gasteiger partial charge in [-0.05, 0) is 6.42 Å². The van der Waals surface area contributed by atoms with Gasteiger partial charge >= 0.3 is 57.4 Å². The summed E-state index contributed by atoms with van der Waals surface area (Å²) in [6.45, 7) is 0. The molecule has 0 amide bonds. The minimum atomic E-state index is -0.761. The van der Waals surface area contributed by atoms with E-state index in [1.54, 1.807) is 0 Å². The molecule has 0 aliphatic carbocycles. The first kappa shape index (κ1) is 20.9. The molecular formula is C13H23KO4. The summed E-state index contributed by atoms with van der Waals surface area (Å²) in [5.41, 5.74) is 0. The Morgan fingerprint density at radius 2 is 1.28 bits per heavy atom. The Hall–Kier alpha value is 0.576. The van der Waals surface area contributed by atoms with Crippen LogP contribution < -0.4 is 51.4 Å². The summed E-state index contributed by atoms with van der Waals surface area (Å²) in [7, 11) is 0. The first-order valence-corrected chi connectivity index (χ1v) is 6.38. The Bertz CT molecular complexity index is 197. The van der Waals surface area contributed by atoms with Gasteiger partial charge in [0.2, 0.25) is 0 Å². The fraction of sp³-hybridized carbons (Fsp3) is 0.769. The molecule has 4 nitrogen and oxygen atoms in total. The molecule has 0 aliphatic rings. The Morgan fingerprint density at radius 1 is 0.778 bits per heavy atom. The Kier molecular flexibility index (Phi) is 18.1. The number of hydrogen-bond acceptors (Lipinski definition) is 2. The molecule has 0 rings (SSSR count). The van der Waals surface area contributed by atoms with Crippen LogP contribution in [-0.4, -0.2) is 22.2 Å². The van der Waals surface area contributed by atoms with Crippen molar-refractivity contribution in [3.8, 4) is 0 Å². The molecule has 0 aliphatic heterocycles. The molecule has 0 fully saturated rings. The van der Waals surface area contributed by atoms with Crippen molar-refractivity contribution in [1.82, 2.24) is 0 Å². The summed E-state index contributed by atoms with van der Waals surface area (Å²) >= 11 is 0. The van der Waals surface area contributed by atoms with E-state index in [-0.39, 0.29) is 64.2 Å². The summed E-state index contributed by atoms with van der Waals surface area (Å²) in [6, 6.07) is 0. The van der Waals surface area contributed by atoms with Crippen LogP contribution in [0.15, 0.2) is 0 Å². The average molecular weight is 282 g/mol. The van der Waals surface area contributed by atoms with Crippen LogP contribution in [0.2, 0.25) is 0 Å². The number of unbranched alkanes of at least 4 members (excludes halogenated alkanes) is 8. The van der Waals surface area contributed by atoms with Crippen LogP contribution in [-0.2, 0) is 9.59 Å². The standard InChI is InChI=1S/C13H23O4.K/c14-12(15)10-8-6-4-2-1-3-5-7-9-11-13(16)17;/h8H,1-7,9-11H2,(H,14,15)(H,16,17);/q-1;+1. The second-order valence-corrected chi connectivity index (χ2v) is 4.29. The third kappa shape index (κ3) is 18.9. The van der Waals surface area contributed by atoms with Crippen LogP contribution in [0.1, 0.15) is 64.2 Å². The number of carboxylic acids is 2. The van der Waals surface area contributed by atoms with E-state index in [0.29, 0.717) is 0 Å². The maximum Gasteiger partial charge on any atom is 1.00 e. The first-order valence-electron chi connectivity index (χ1n) is 6.38. The number of aliphatic carboxylic acids is 2. The summed E-state index contributed by atoms with van der Waals surface area (Å²) in [4.78, 5) is 20.4. The number of hydrogen-bond donors (Lipinski definition) is 2. The Balaban J connectivity index is 0. The predicted molar refractivity (Wildman–Crippen MR) is 65.7 cm³/mol. The fourth-order valence-electron chi connectivity index (χ4n) is 1.67. The SMILES string of the molecule is O=C(O)C[CH-]CCCCCCCCCC(=O)O.[K+]. The van der Waals surface area contributed by atoms with Crippen molar-refractivity contribution in [2.75, 3.05) is 0 Å². The Morgan fingerprint density at radius 3 is 1.78 bits per heavy atom. The van der Waals surface area contributed by atoms with Gasteiger partial charge in [-0.3, -0.25) is 9.59 Å². The average Bonchev–Trinajstić information content (AvgIpc) is 2.25. The third-order valence-electron chi connectivity index (χ3n) is 2.62. The minimum absolute atomic E-state index is 0. The minimum Gasteiger partial charge on any atom is -0.483 e. The van der Waals surface area contributed by atoms with E-state index in [4.69, 9.17) is 10.2 Å². The summed E-state index contributed by atoms with van der Waals surface area (Å²) in [5.74, 6) is -1.47. The quantitative estimate of drug-likeness (QED) is 0.306. The topological polar surface area (TPSA) is 74.6 Å². The molecule has 0 radical (unpaired) electrons. The van der Waals surface area contributed by atoms with Gasteiger partial charge in [0.1, 0.15) is 0 Å². The van der Waals surface area contributed by atoms with Gasteiger partial charge in [0.05, 0.1) is 0 Å². The smallest absolute Gasteiger partial charge is 0.483 e. The summed E-state index contributed by atoms with van der Waals surface area (Å²) in [6.07, 6.45) is 10.5. The molecule has 2 N–H and O–H groups in total. The zero-order chi connectivity index (χ0) is 12.9. The number of carboxylic acid groups (broad SMARTS) is 2. The van der Waals surface area contributed by atoms with Crippen molar-refractivity contribution in [1.29, 1.82) is 0 Å². The number of carbonyl (C=O) groups is 2. The van der Waals surface area contributed by atoms with Crippen molar-refractivity contribution in [2.45, 2.75) is 64.2 Å². The molecule has 0 aromatic rings. The van der Waals surface area contributed by atoms with Gasteiger partial charge in [-0.1, -0.05) is 44.9 Å². The largest absolute Gasteiger partial charge is 1.00 e. The molecule has 0 bridgehead atoms. The molecule has 18 heavy (non-hydrogen) atoms. The molecule has 0 saturated heterocycles. The van der Waals surface area contributed by atoms with Crippen molar-refractivity contribution in [3.05, 3.63) is 6.42 Å². The van der Waals surface area contributed by atoms with Gasteiger partial charge in [0, 0.05) is 6.42 Å². The second kappa shape index (κ2) is 15.6. The summed E-state index contributed by atoms with van der Waals surface area (Å²) < 4.78 is 0. The van der Waals surface area contributed by atoms with Crippen molar-refractivity contribution >= 4 is 11.9 Å². The van der Waals surface area contributed by atoms with E-state index in [0.717, 1.165) is 51.4 Å². The van der Waals surface area contributed by atoms with Crippen LogP contribution in [0.5, 0.6) is 0 Å². The van der Waals surface area contributed by atoms with Gasteiger partial charge in [-0.25, -0.2) is 0 Å². The first-order chi connectivity index (χ1) is 8.13. The number of rotatable bonds is 12. The molecule has 0 unspecified atom stereocenters. The van der Waals surface area contributed by atoms with Crippen LogP contribution in [0.3, 0.4) is 0 Å². The van der Waals surface area contributed by atoms with Gasteiger partial charge in [-0.15, -0.1) is 0 Å². The molecule has 0 aromatic heterocycles. The molecule has 0 atom stereocenters. The van der Waals surface area contributed by atoms with Gasteiger partial charge in [0.25, 0.3) is 5.97 Å². The monoisotopic (exact) mass is 282 g/mol. The van der Waals surface area contributed by atoms with E-state index >= 15 is 0 Å². The van der Waals surface area contributed by atoms with Crippen LogP contribution in [0.25, 0.3) is 0 Å². The van der Waals surface area contributed by atoms with E-state index < -0.39 is 11.9 Å². The zero-order valence-corrected chi connectivity index (χ0v) is 14.5. The molecular weight excluding hydrogens is 259 g/mol. The molecule has 0 spiro atoms. The zero-order valence-electron chi connectivity index (χ0n) is 11.4. The molecule has 0 heterocycles. The van der Waals surface area contributed by atoms with Crippen molar-refractivity contribution < 1.29 is 71.2 Å². The maximum atomic E-state index is 10.2. The van der Waals surface area contributed by atoms with Crippen molar-refractivity contribution in [2.24, 2.45) is 0 Å². The molecule has 0 aromatic carbocycles. The van der Waals surface area contributed by atoms with Gasteiger partial charge < -0.3 is 16.6 Å².